The van der Waals surface area contributed by atoms with E-state index < -0.39 is 0 Å². The summed E-state index contributed by atoms with van der Waals surface area (Å²) in [4.78, 5) is 21.0. The van der Waals surface area contributed by atoms with Gasteiger partial charge in [0, 0.05) is 64.2 Å². The Morgan fingerprint density at radius 3 is 2.72 bits per heavy atom. The van der Waals surface area contributed by atoms with Crippen molar-refractivity contribution in [3.05, 3.63) is 41.9 Å². The average Bonchev–Trinajstić information content (AvgIpc) is 2.84. The third-order valence-corrected chi connectivity index (χ3v) is 5.58. The van der Waals surface area contributed by atoms with Gasteiger partial charge in [0.2, 0.25) is 5.95 Å². The van der Waals surface area contributed by atoms with Crippen LogP contribution in [0.25, 0.3) is 10.9 Å². The molecule has 3 aromatic heterocycles. The Labute approximate surface area is 189 Å². The van der Waals surface area contributed by atoms with E-state index in [-0.39, 0.29) is 6.10 Å². The summed E-state index contributed by atoms with van der Waals surface area (Å²) in [6.45, 7) is 10.1. The van der Waals surface area contributed by atoms with Gasteiger partial charge >= 0.3 is 0 Å². The van der Waals surface area contributed by atoms with Crippen molar-refractivity contribution in [2.75, 3.05) is 50.5 Å². The van der Waals surface area contributed by atoms with E-state index in [4.69, 9.17) is 14.7 Å². The molecule has 0 amide bonds. The minimum Gasteiger partial charge on any atom is -0.375 e. The molecule has 0 radical (unpaired) electrons. The first kappa shape index (κ1) is 22.3. The maximum atomic E-state index is 5.45. The number of rotatable bonds is 9. The lowest BCUT2D eigenvalue weighted by atomic mass is 10.2. The minimum atomic E-state index is -0.108. The quantitative estimate of drug-likeness (QED) is 0.467. The van der Waals surface area contributed by atoms with Crippen LogP contribution < -0.4 is 16.0 Å². The predicted octanol–water partition coefficient (Wildman–Crippen LogP) is 3.10. The molecule has 32 heavy (non-hydrogen) atoms. The molecule has 0 bridgehead atoms. The number of fused-ring (bicyclic) bond motifs is 1. The molecule has 170 valence electrons. The Morgan fingerprint density at radius 1 is 1.16 bits per heavy atom. The van der Waals surface area contributed by atoms with Gasteiger partial charge in [-0.3, -0.25) is 4.90 Å². The third kappa shape index (κ3) is 5.48. The highest BCUT2D eigenvalue weighted by molar-refractivity contribution is 5.89. The molecule has 0 spiro atoms. The number of ether oxygens (including phenoxy) is 1. The molecule has 1 atom stereocenters. The van der Waals surface area contributed by atoms with Gasteiger partial charge in [-0.25, -0.2) is 19.9 Å². The zero-order chi connectivity index (χ0) is 22.3. The van der Waals surface area contributed by atoms with Gasteiger partial charge < -0.3 is 20.7 Å². The fraction of sp³-hybridized carbons (Fsp3) is 0.478. The first-order chi connectivity index (χ1) is 15.7. The third-order valence-electron chi connectivity index (χ3n) is 5.58. The fourth-order valence-electron chi connectivity index (χ4n) is 3.65. The van der Waals surface area contributed by atoms with E-state index in [1.807, 2.05) is 31.5 Å². The van der Waals surface area contributed by atoms with E-state index in [1.54, 1.807) is 7.11 Å². The number of aromatic nitrogens is 4. The fourth-order valence-corrected chi connectivity index (χ4v) is 3.65. The lowest BCUT2D eigenvalue weighted by Gasteiger charge is -2.27. The number of nitrogens with one attached hydrogen (secondary N) is 3. The first-order valence-electron chi connectivity index (χ1n) is 11.3. The second-order valence-electron chi connectivity index (χ2n) is 8.03. The van der Waals surface area contributed by atoms with Crippen molar-refractivity contribution in [3.8, 4) is 0 Å². The predicted molar refractivity (Wildman–Crippen MR) is 127 cm³/mol. The maximum absolute atomic E-state index is 5.45. The molecule has 4 heterocycles. The molecule has 0 aromatic carbocycles. The van der Waals surface area contributed by atoms with Crippen LogP contribution in [0.15, 0.2) is 30.6 Å². The van der Waals surface area contributed by atoms with Crippen molar-refractivity contribution in [1.29, 1.82) is 0 Å². The van der Waals surface area contributed by atoms with E-state index in [1.165, 1.54) is 5.56 Å². The Balaban J connectivity index is 1.52. The SMILES string of the molecule is CCCNc1nc(C(C)OC)cc2cnc(Nc3ccc(CN4CCNCC4)cn3)nc12. The van der Waals surface area contributed by atoms with Crippen molar-refractivity contribution in [1.82, 2.24) is 30.2 Å². The van der Waals surface area contributed by atoms with Gasteiger partial charge in [-0.2, -0.15) is 0 Å². The van der Waals surface area contributed by atoms with Gasteiger partial charge in [-0.1, -0.05) is 13.0 Å². The van der Waals surface area contributed by atoms with Crippen LogP contribution in [0.3, 0.4) is 0 Å². The summed E-state index contributed by atoms with van der Waals surface area (Å²) in [5.74, 6) is 1.95. The second-order valence-corrected chi connectivity index (χ2v) is 8.03. The van der Waals surface area contributed by atoms with E-state index >= 15 is 0 Å². The summed E-state index contributed by atoms with van der Waals surface area (Å²) in [5, 5.41) is 10.9. The van der Waals surface area contributed by atoms with Crippen LogP contribution in [0.5, 0.6) is 0 Å². The van der Waals surface area contributed by atoms with Gasteiger partial charge in [0.25, 0.3) is 0 Å². The minimum absolute atomic E-state index is 0.108. The van der Waals surface area contributed by atoms with Crippen molar-refractivity contribution < 1.29 is 4.74 Å². The number of hydrogen-bond donors (Lipinski definition) is 3. The molecule has 1 fully saturated rings. The molecule has 1 aliphatic rings. The zero-order valence-electron chi connectivity index (χ0n) is 19.1. The number of pyridine rings is 2. The standard InChI is InChI=1S/C23H32N8O/c1-4-7-25-22-21-18(12-19(28-22)16(2)32-3)14-27-23(30-21)29-20-6-5-17(13-26-20)15-31-10-8-24-9-11-31/h5-6,12-14,16,24H,4,7-11,15H2,1-3H3,(H,25,28)(H,26,27,29,30). The smallest absolute Gasteiger partial charge is 0.229 e. The van der Waals surface area contributed by atoms with Crippen molar-refractivity contribution in [2.24, 2.45) is 0 Å². The molecule has 1 aliphatic heterocycles. The number of hydrogen-bond acceptors (Lipinski definition) is 9. The van der Waals surface area contributed by atoms with E-state index in [0.717, 1.165) is 68.1 Å². The van der Waals surface area contributed by atoms with Gasteiger partial charge in [-0.05, 0) is 31.0 Å². The molecule has 9 nitrogen and oxygen atoms in total. The summed E-state index contributed by atoms with van der Waals surface area (Å²) in [7, 11) is 1.68. The number of methoxy groups -OCH3 is 1. The lowest BCUT2D eigenvalue weighted by Crippen LogP contribution is -2.42. The average molecular weight is 437 g/mol. The van der Waals surface area contributed by atoms with Crippen LogP contribution in [0.4, 0.5) is 17.6 Å². The Bertz CT molecular complexity index is 1020. The molecule has 3 N–H and O–H groups in total. The molecule has 1 saturated heterocycles. The van der Waals surface area contributed by atoms with Crippen molar-refractivity contribution in [3.63, 3.8) is 0 Å². The van der Waals surface area contributed by atoms with E-state index in [0.29, 0.717) is 11.8 Å². The molecule has 4 rings (SSSR count). The number of piperazine rings is 1. The van der Waals surface area contributed by atoms with Gasteiger partial charge in [0.1, 0.15) is 11.3 Å². The highest BCUT2D eigenvalue weighted by Crippen LogP contribution is 2.26. The molecule has 0 saturated carbocycles. The highest BCUT2D eigenvalue weighted by atomic mass is 16.5. The summed E-state index contributed by atoms with van der Waals surface area (Å²) >= 11 is 0. The normalized spacial score (nSPS) is 15.6. The lowest BCUT2D eigenvalue weighted by molar-refractivity contribution is 0.116. The van der Waals surface area contributed by atoms with Crippen LogP contribution in [0.2, 0.25) is 0 Å². The Morgan fingerprint density at radius 2 is 2.00 bits per heavy atom. The Hall–Kier alpha value is -2.88. The number of anilines is 3. The molecular weight excluding hydrogens is 404 g/mol. The molecule has 3 aromatic rings. The van der Waals surface area contributed by atoms with Crippen molar-refractivity contribution in [2.45, 2.75) is 32.9 Å². The van der Waals surface area contributed by atoms with Gasteiger partial charge in [0.15, 0.2) is 5.82 Å². The molecular formula is C23H32N8O. The van der Waals surface area contributed by atoms with E-state index in [2.05, 4.69) is 43.8 Å². The topological polar surface area (TPSA) is 100 Å². The van der Waals surface area contributed by atoms with Gasteiger partial charge in [0.05, 0.1) is 11.8 Å². The van der Waals surface area contributed by atoms with E-state index in [9.17, 15) is 0 Å². The van der Waals surface area contributed by atoms with Crippen LogP contribution in [0, 0.1) is 0 Å². The van der Waals surface area contributed by atoms with Crippen LogP contribution >= 0.6 is 0 Å². The summed E-state index contributed by atoms with van der Waals surface area (Å²) in [6.07, 6.45) is 4.62. The zero-order valence-corrected chi connectivity index (χ0v) is 19.1. The molecule has 1 unspecified atom stereocenters. The second kappa shape index (κ2) is 10.6. The van der Waals surface area contributed by atoms with Crippen LogP contribution in [0.1, 0.15) is 37.6 Å². The highest BCUT2D eigenvalue weighted by Gasteiger charge is 2.14. The van der Waals surface area contributed by atoms with Crippen molar-refractivity contribution >= 4 is 28.5 Å². The van der Waals surface area contributed by atoms with Crippen LogP contribution in [-0.4, -0.2) is 64.7 Å². The summed E-state index contributed by atoms with van der Waals surface area (Å²) < 4.78 is 5.45. The molecule has 0 aliphatic carbocycles. The first-order valence-corrected chi connectivity index (χ1v) is 11.3. The monoisotopic (exact) mass is 436 g/mol. The Kier molecular flexibility index (Phi) is 7.41. The summed E-state index contributed by atoms with van der Waals surface area (Å²) in [5.41, 5.74) is 2.83. The van der Waals surface area contributed by atoms with Gasteiger partial charge in [-0.15, -0.1) is 0 Å². The largest absolute Gasteiger partial charge is 0.375 e. The molecule has 9 heteroatoms. The maximum Gasteiger partial charge on any atom is 0.229 e. The van der Waals surface area contributed by atoms with Crippen LogP contribution in [-0.2, 0) is 11.3 Å². The number of nitrogens with zero attached hydrogens (tertiary/aromatic N) is 5. The summed E-state index contributed by atoms with van der Waals surface area (Å²) in [6, 6.07) is 6.06.